The number of nitrogen functional groups attached to an aromatic ring is 1. The van der Waals surface area contributed by atoms with Crippen molar-refractivity contribution in [3.8, 4) is 5.75 Å². The van der Waals surface area contributed by atoms with Gasteiger partial charge in [-0.3, -0.25) is 4.79 Å². The summed E-state index contributed by atoms with van der Waals surface area (Å²) >= 11 is 0. The zero-order chi connectivity index (χ0) is 11.4. The van der Waals surface area contributed by atoms with Crippen LogP contribution in [0.3, 0.4) is 0 Å². The number of nitrogens with two attached hydrogens (primary N) is 1. The second-order valence-corrected chi connectivity index (χ2v) is 3.54. The van der Waals surface area contributed by atoms with Crippen molar-refractivity contribution in [2.75, 3.05) is 26.9 Å². The highest BCUT2D eigenvalue weighted by atomic mass is 16.5. The summed E-state index contributed by atoms with van der Waals surface area (Å²) in [5.74, 6) is 0.667. The lowest BCUT2D eigenvalue weighted by Crippen LogP contribution is -2.23. The Labute approximate surface area is 89.6 Å². The Morgan fingerprint density at radius 3 is 2.67 bits per heavy atom. The molecular formula is C11H16N2O2. The lowest BCUT2D eigenvalue weighted by Gasteiger charge is -2.11. The Morgan fingerprint density at radius 1 is 1.47 bits per heavy atom. The van der Waals surface area contributed by atoms with Crippen molar-refractivity contribution in [1.82, 2.24) is 4.90 Å². The van der Waals surface area contributed by atoms with E-state index in [1.54, 1.807) is 38.2 Å². The molecule has 0 fully saturated rings. The molecule has 0 radical (unpaired) electrons. The molecular weight excluding hydrogens is 192 g/mol. The second kappa shape index (κ2) is 4.68. The fourth-order valence-corrected chi connectivity index (χ4v) is 1.20. The maximum absolute atomic E-state index is 11.5. The number of likely N-dealkylation sites (N-methyl/N-ethyl adjacent to an activating group) is 1. The molecule has 0 atom stereocenters. The number of methoxy groups -OCH3 is 1. The SMILES string of the molecule is COc1cc(CC(=O)N(C)C)ccc1N. The molecule has 0 spiro atoms. The van der Waals surface area contributed by atoms with Crippen LogP contribution in [-0.2, 0) is 11.2 Å². The normalized spacial score (nSPS) is 9.80. The highest BCUT2D eigenvalue weighted by Crippen LogP contribution is 2.22. The number of hydrogen-bond donors (Lipinski definition) is 1. The van der Waals surface area contributed by atoms with Gasteiger partial charge in [0.1, 0.15) is 5.75 Å². The molecule has 15 heavy (non-hydrogen) atoms. The molecule has 2 N–H and O–H groups in total. The van der Waals surface area contributed by atoms with Crippen molar-refractivity contribution in [2.24, 2.45) is 0 Å². The number of benzene rings is 1. The van der Waals surface area contributed by atoms with E-state index in [0.717, 1.165) is 5.56 Å². The predicted octanol–water partition coefficient (Wildman–Crippen LogP) is 0.908. The molecule has 0 saturated heterocycles. The van der Waals surface area contributed by atoms with E-state index in [1.165, 1.54) is 0 Å². The molecule has 0 aromatic heterocycles. The van der Waals surface area contributed by atoms with Gasteiger partial charge in [0.05, 0.1) is 19.2 Å². The molecule has 0 unspecified atom stereocenters. The summed E-state index contributed by atoms with van der Waals surface area (Å²) in [4.78, 5) is 13.0. The minimum absolute atomic E-state index is 0.0572. The molecule has 0 saturated carbocycles. The van der Waals surface area contributed by atoms with E-state index in [2.05, 4.69) is 0 Å². The highest BCUT2D eigenvalue weighted by molar-refractivity contribution is 5.78. The van der Waals surface area contributed by atoms with Crippen molar-refractivity contribution in [2.45, 2.75) is 6.42 Å². The zero-order valence-corrected chi connectivity index (χ0v) is 9.28. The summed E-state index contributed by atoms with van der Waals surface area (Å²) in [6.45, 7) is 0. The van der Waals surface area contributed by atoms with Crippen molar-refractivity contribution >= 4 is 11.6 Å². The third-order valence-corrected chi connectivity index (χ3v) is 2.15. The first kappa shape index (κ1) is 11.4. The maximum Gasteiger partial charge on any atom is 0.226 e. The van der Waals surface area contributed by atoms with Gasteiger partial charge >= 0.3 is 0 Å². The van der Waals surface area contributed by atoms with Gasteiger partial charge in [-0.15, -0.1) is 0 Å². The lowest BCUT2D eigenvalue weighted by atomic mass is 10.1. The molecule has 1 amide bonds. The quantitative estimate of drug-likeness (QED) is 0.751. The number of amides is 1. The smallest absolute Gasteiger partial charge is 0.226 e. The van der Waals surface area contributed by atoms with Crippen LogP contribution in [0, 0.1) is 0 Å². The van der Waals surface area contributed by atoms with Crippen molar-refractivity contribution in [1.29, 1.82) is 0 Å². The van der Waals surface area contributed by atoms with E-state index < -0.39 is 0 Å². The van der Waals surface area contributed by atoms with Crippen LogP contribution in [0.4, 0.5) is 5.69 Å². The summed E-state index contributed by atoms with van der Waals surface area (Å²) in [6, 6.07) is 5.37. The van der Waals surface area contributed by atoms with E-state index in [0.29, 0.717) is 17.9 Å². The van der Waals surface area contributed by atoms with Gasteiger partial charge in [-0.2, -0.15) is 0 Å². The average Bonchev–Trinajstić information content (AvgIpc) is 2.20. The molecule has 0 aliphatic heterocycles. The average molecular weight is 208 g/mol. The van der Waals surface area contributed by atoms with Crippen molar-refractivity contribution in [3.05, 3.63) is 23.8 Å². The standard InChI is InChI=1S/C11H16N2O2/c1-13(2)11(14)7-8-4-5-9(12)10(6-8)15-3/h4-6H,7,12H2,1-3H3. The van der Waals surface area contributed by atoms with Crippen molar-refractivity contribution < 1.29 is 9.53 Å². The molecule has 0 aliphatic carbocycles. The van der Waals surface area contributed by atoms with Gasteiger partial charge in [-0.05, 0) is 17.7 Å². The summed E-state index contributed by atoms with van der Waals surface area (Å²) in [5, 5.41) is 0. The number of hydrogen-bond acceptors (Lipinski definition) is 3. The van der Waals surface area contributed by atoms with Gasteiger partial charge in [0.15, 0.2) is 0 Å². The largest absolute Gasteiger partial charge is 0.495 e. The number of carbonyl (C=O) groups is 1. The van der Waals surface area contributed by atoms with Crippen LogP contribution in [0.5, 0.6) is 5.75 Å². The van der Waals surface area contributed by atoms with Gasteiger partial charge in [-0.25, -0.2) is 0 Å². The first-order chi connectivity index (χ1) is 7.04. The summed E-state index contributed by atoms with van der Waals surface area (Å²) in [6.07, 6.45) is 0.365. The third kappa shape index (κ3) is 2.87. The Kier molecular flexibility index (Phi) is 3.55. The highest BCUT2D eigenvalue weighted by Gasteiger charge is 2.07. The second-order valence-electron chi connectivity index (χ2n) is 3.54. The molecule has 4 heteroatoms. The van der Waals surface area contributed by atoms with Crippen LogP contribution >= 0.6 is 0 Å². The van der Waals surface area contributed by atoms with Crippen LogP contribution in [0.15, 0.2) is 18.2 Å². The monoisotopic (exact) mass is 208 g/mol. The Morgan fingerprint density at radius 2 is 2.13 bits per heavy atom. The first-order valence-electron chi connectivity index (χ1n) is 4.67. The van der Waals surface area contributed by atoms with Crippen LogP contribution in [0.25, 0.3) is 0 Å². The van der Waals surface area contributed by atoms with Gasteiger partial charge in [0.25, 0.3) is 0 Å². The predicted molar refractivity (Wildman–Crippen MR) is 59.8 cm³/mol. The van der Waals surface area contributed by atoms with E-state index in [-0.39, 0.29) is 5.91 Å². The minimum Gasteiger partial charge on any atom is -0.495 e. The lowest BCUT2D eigenvalue weighted by molar-refractivity contribution is -0.127. The van der Waals surface area contributed by atoms with Crippen LogP contribution < -0.4 is 10.5 Å². The number of carbonyl (C=O) groups excluding carboxylic acids is 1. The van der Waals surface area contributed by atoms with Gasteiger partial charge in [-0.1, -0.05) is 6.07 Å². The van der Waals surface area contributed by atoms with Gasteiger partial charge in [0.2, 0.25) is 5.91 Å². The molecule has 1 rings (SSSR count). The fraction of sp³-hybridized carbons (Fsp3) is 0.364. The molecule has 1 aromatic rings. The van der Waals surface area contributed by atoms with Crippen LogP contribution in [0.1, 0.15) is 5.56 Å². The Balaban J connectivity index is 2.83. The number of ether oxygens (including phenoxy) is 1. The number of nitrogens with zero attached hydrogens (tertiary/aromatic N) is 1. The minimum atomic E-state index is 0.0572. The number of rotatable bonds is 3. The van der Waals surface area contributed by atoms with Crippen molar-refractivity contribution in [3.63, 3.8) is 0 Å². The molecule has 4 nitrogen and oxygen atoms in total. The first-order valence-corrected chi connectivity index (χ1v) is 4.67. The fourth-order valence-electron chi connectivity index (χ4n) is 1.20. The summed E-state index contributed by atoms with van der Waals surface area (Å²) in [5.41, 5.74) is 7.15. The third-order valence-electron chi connectivity index (χ3n) is 2.15. The molecule has 0 bridgehead atoms. The topological polar surface area (TPSA) is 55.6 Å². The van der Waals surface area contributed by atoms with Gasteiger partial charge in [0, 0.05) is 14.1 Å². The molecule has 82 valence electrons. The summed E-state index contributed by atoms with van der Waals surface area (Å²) in [7, 11) is 5.02. The van der Waals surface area contributed by atoms with E-state index in [9.17, 15) is 4.79 Å². The Hall–Kier alpha value is -1.71. The van der Waals surface area contributed by atoms with Crippen LogP contribution in [0.2, 0.25) is 0 Å². The van der Waals surface area contributed by atoms with Gasteiger partial charge < -0.3 is 15.4 Å². The molecule has 0 aliphatic rings. The van der Waals surface area contributed by atoms with E-state index in [4.69, 9.17) is 10.5 Å². The molecule has 0 heterocycles. The number of anilines is 1. The maximum atomic E-state index is 11.5. The summed E-state index contributed by atoms with van der Waals surface area (Å²) < 4.78 is 5.08. The zero-order valence-electron chi connectivity index (χ0n) is 9.28. The molecule has 1 aromatic carbocycles. The van der Waals surface area contributed by atoms with Crippen LogP contribution in [-0.4, -0.2) is 32.0 Å². The Bertz CT molecular complexity index is 362. The van der Waals surface area contributed by atoms with E-state index >= 15 is 0 Å². The van der Waals surface area contributed by atoms with E-state index in [1.807, 2.05) is 6.07 Å².